The highest BCUT2D eigenvalue weighted by Crippen LogP contribution is 2.29. The first-order valence-corrected chi connectivity index (χ1v) is 10.3. The fourth-order valence-electron chi connectivity index (χ4n) is 3.36. The Morgan fingerprint density at radius 2 is 1.79 bits per heavy atom. The maximum atomic E-state index is 13.1. The number of halogens is 1. The summed E-state index contributed by atoms with van der Waals surface area (Å²) in [5.74, 6) is 0.599. The molecule has 6 nitrogen and oxygen atoms in total. The molecule has 29 heavy (non-hydrogen) atoms. The minimum Gasteiger partial charge on any atom is -0.492 e. The van der Waals surface area contributed by atoms with Crippen molar-refractivity contribution in [2.45, 2.75) is 20.3 Å². The third kappa shape index (κ3) is 5.01. The molecule has 0 radical (unpaired) electrons. The summed E-state index contributed by atoms with van der Waals surface area (Å²) in [5, 5.41) is 3.26. The number of rotatable bonds is 6. The quantitative estimate of drug-likeness (QED) is 0.773. The van der Waals surface area contributed by atoms with Crippen molar-refractivity contribution in [2.24, 2.45) is 0 Å². The molecule has 0 aromatic heterocycles. The number of amides is 2. The molecule has 1 heterocycles. The van der Waals surface area contributed by atoms with Crippen LogP contribution in [0.1, 0.15) is 30.6 Å². The van der Waals surface area contributed by atoms with Gasteiger partial charge in [-0.2, -0.15) is 0 Å². The highest BCUT2D eigenvalue weighted by molar-refractivity contribution is 6.31. The average molecular weight is 416 g/mol. The number of carbonyl (C=O) groups is 2. The molecule has 1 N–H and O–H groups in total. The van der Waals surface area contributed by atoms with Gasteiger partial charge in [0.05, 0.1) is 23.5 Å². The van der Waals surface area contributed by atoms with Gasteiger partial charge < -0.3 is 19.9 Å². The van der Waals surface area contributed by atoms with Crippen LogP contribution in [0.25, 0.3) is 0 Å². The molecule has 154 valence electrons. The van der Waals surface area contributed by atoms with Crippen LogP contribution in [-0.2, 0) is 4.79 Å². The molecule has 1 saturated heterocycles. The fourth-order valence-corrected chi connectivity index (χ4v) is 3.53. The second-order valence-corrected chi connectivity index (χ2v) is 7.21. The van der Waals surface area contributed by atoms with Gasteiger partial charge in [-0.3, -0.25) is 9.59 Å². The van der Waals surface area contributed by atoms with Gasteiger partial charge in [0, 0.05) is 37.6 Å². The standard InChI is InChI=1S/C22H26ClN3O3/c1-3-21(27)24-18-15-16(23)9-10-17(18)22(28)26-13-11-25(12-14-26)19-7-5-6-8-20(19)29-4-2/h5-10,15H,3-4,11-14H2,1-2H3,(H,24,27). The van der Waals surface area contributed by atoms with Crippen molar-refractivity contribution in [1.82, 2.24) is 4.90 Å². The predicted molar refractivity (Wildman–Crippen MR) is 116 cm³/mol. The van der Waals surface area contributed by atoms with Crippen molar-refractivity contribution >= 4 is 34.8 Å². The molecular formula is C22H26ClN3O3. The number of piperazine rings is 1. The van der Waals surface area contributed by atoms with Gasteiger partial charge in [-0.05, 0) is 37.3 Å². The van der Waals surface area contributed by atoms with Gasteiger partial charge in [0.15, 0.2) is 0 Å². The van der Waals surface area contributed by atoms with Crippen LogP contribution in [0.3, 0.4) is 0 Å². The Hall–Kier alpha value is -2.73. The summed E-state index contributed by atoms with van der Waals surface area (Å²) in [6.45, 7) is 6.93. The smallest absolute Gasteiger partial charge is 0.256 e. The summed E-state index contributed by atoms with van der Waals surface area (Å²) in [6, 6.07) is 12.9. The molecule has 0 unspecified atom stereocenters. The molecule has 7 heteroatoms. The molecule has 0 saturated carbocycles. The highest BCUT2D eigenvalue weighted by Gasteiger charge is 2.25. The van der Waals surface area contributed by atoms with Crippen molar-refractivity contribution in [3.05, 3.63) is 53.1 Å². The van der Waals surface area contributed by atoms with Gasteiger partial charge >= 0.3 is 0 Å². The number of para-hydroxylation sites is 2. The summed E-state index contributed by atoms with van der Waals surface area (Å²) >= 11 is 6.07. The maximum Gasteiger partial charge on any atom is 0.256 e. The monoisotopic (exact) mass is 415 g/mol. The molecule has 2 aromatic carbocycles. The van der Waals surface area contributed by atoms with E-state index in [1.54, 1.807) is 25.1 Å². The molecule has 2 amide bonds. The molecule has 0 aliphatic carbocycles. The summed E-state index contributed by atoms with van der Waals surface area (Å²) in [4.78, 5) is 29.0. The van der Waals surface area contributed by atoms with Crippen LogP contribution in [0.15, 0.2) is 42.5 Å². The van der Waals surface area contributed by atoms with Crippen LogP contribution in [0.5, 0.6) is 5.75 Å². The van der Waals surface area contributed by atoms with Crippen LogP contribution in [0.4, 0.5) is 11.4 Å². The van der Waals surface area contributed by atoms with E-state index >= 15 is 0 Å². The molecule has 1 fully saturated rings. The van der Waals surface area contributed by atoms with Gasteiger partial charge in [0.2, 0.25) is 5.91 Å². The molecule has 0 spiro atoms. The lowest BCUT2D eigenvalue weighted by molar-refractivity contribution is -0.115. The van der Waals surface area contributed by atoms with Crippen LogP contribution < -0.4 is 15.0 Å². The zero-order chi connectivity index (χ0) is 20.8. The van der Waals surface area contributed by atoms with Gasteiger partial charge in [-0.1, -0.05) is 30.7 Å². The third-order valence-corrected chi connectivity index (χ3v) is 5.11. The van der Waals surface area contributed by atoms with E-state index in [9.17, 15) is 9.59 Å². The van der Waals surface area contributed by atoms with E-state index in [2.05, 4.69) is 10.2 Å². The third-order valence-electron chi connectivity index (χ3n) is 4.88. The lowest BCUT2D eigenvalue weighted by Gasteiger charge is -2.37. The summed E-state index contributed by atoms with van der Waals surface area (Å²) in [6.07, 6.45) is 0.331. The number of nitrogens with zero attached hydrogens (tertiary/aromatic N) is 2. The molecular weight excluding hydrogens is 390 g/mol. The lowest BCUT2D eigenvalue weighted by atomic mass is 10.1. The van der Waals surface area contributed by atoms with Crippen LogP contribution >= 0.6 is 11.6 Å². The Morgan fingerprint density at radius 3 is 2.48 bits per heavy atom. The van der Waals surface area contributed by atoms with E-state index in [1.165, 1.54) is 0 Å². The summed E-state index contributed by atoms with van der Waals surface area (Å²) in [7, 11) is 0. The van der Waals surface area contributed by atoms with Gasteiger partial charge in [0.1, 0.15) is 5.75 Å². The lowest BCUT2D eigenvalue weighted by Crippen LogP contribution is -2.49. The van der Waals surface area contributed by atoms with E-state index in [0.717, 1.165) is 11.4 Å². The Morgan fingerprint density at radius 1 is 1.07 bits per heavy atom. The molecule has 0 atom stereocenters. The van der Waals surface area contributed by atoms with Crippen molar-refractivity contribution < 1.29 is 14.3 Å². The largest absolute Gasteiger partial charge is 0.492 e. The zero-order valence-corrected chi connectivity index (χ0v) is 17.5. The summed E-state index contributed by atoms with van der Waals surface area (Å²) < 4.78 is 5.73. The number of benzene rings is 2. The van der Waals surface area contributed by atoms with Crippen LogP contribution in [-0.4, -0.2) is 49.5 Å². The van der Waals surface area contributed by atoms with Crippen molar-refractivity contribution in [1.29, 1.82) is 0 Å². The minimum absolute atomic E-state index is 0.106. The van der Waals surface area contributed by atoms with Crippen LogP contribution in [0, 0.1) is 0 Å². The van der Waals surface area contributed by atoms with E-state index in [1.807, 2.05) is 36.1 Å². The van der Waals surface area contributed by atoms with Gasteiger partial charge in [0.25, 0.3) is 5.91 Å². The maximum absolute atomic E-state index is 13.1. The van der Waals surface area contributed by atoms with Crippen molar-refractivity contribution in [2.75, 3.05) is 43.0 Å². The Bertz CT molecular complexity index is 879. The second-order valence-electron chi connectivity index (χ2n) is 6.77. The first kappa shape index (κ1) is 21.0. The zero-order valence-electron chi connectivity index (χ0n) is 16.8. The predicted octanol–water partition coefficient (Wildman–Crippen LogP) is 4.05. The van der Waals surface area contributed by atoms with E-state index in [0.29, 0.717) is 55.5 Å². The number of hydrogen-bond acceptors (Lipinski definition) is 4. The topological polar surface area (TPSA) is 61.9 Å². The van der Waals surface area contributed by atoms with E-state index in [4.69, 9.17) is 16.3 Å². The van der Waals surface area contributed by atoms with Gasteiger partial charge in [-0.25, -0.2) is 0 Å². The molecule has 3 rings (SSSR count). The number of carbonyl (C=O) groups excluding carboxylic acids is 2. The van der Waals surface area contributed by atoms with Crippen molar-refractivity contribution in [3.8, 4) is 5.75 Å². The fraction of sp³-hybridized carbons (Fsp3) is 0.364. The Labute approximate surface area is 176 Å². The number of nitrogens with one attached hydrogen (secondary N) is 1. The normalized spacial score (nSPS) is 13.9. The van der Waals surface area contributed by atoms with E-state index in [-0.39, 0.29) is 11.8 Å². The Kier molecular flexibility index (Phi) is 6.99. The summed E-state index contributed by atoms with van der Waals surface area (Å²) in [5.41, 5.74) is 1.96. The molecule has 2 aromatic rings. The Balaban J connectivity index is 1.72. The highest BCUT2D eigenvalue weighted by atomic mass is 35.5. The first-order chi connectivity index (χ1) is 14.0. The first-order valence-electron chi connectivity index (χ1n) is 9.89. The SMILES string of the molecule is CCOc1ccccc1N1CCN(C(=O)c2ccc(Cl)cc2NC(=O)CC)CC1. The second kappa shape index (κ2) is 9.65. The van der Waals surface area contributed by atoms with Crippen molar-refractivity contribution in [3.63, 3.8) is 0 Å². The minimum atomic E-state index is -0.154. The van der Waals surface area contributed by atoms with E-state index < -0.39 is 0 Å². The van der Waals surface area contributed by atoms with Crippen LogP contribution in [0.2, 0.25) is 5.02 Å². The number of ether oxygens (including phenoxy) is 1. The number of hydrogen-bond donors (Lipinski definition) is 1. The number of anilines is 2. The molecule has 0 bridgehead atoms. The molecule has 1 aliphatic rings. The average Bonchev–Trinajstić information content (AvgIpc) is 2.74. The molecule has 1 aliphatic heterocycles. The van der Waals surface area contributed by atoms with Gasteiger partial charge in [-0.15, -0.1) is 0 Å².